The Balaban J connectivity index is 1.33. The summed E-state index contributed by atoms with van der Waals surface area (Å²) < 4.78 is 28.8. The molecule has 0 aliphatic carbocycles. The highest BCUT2D eigenvalue weighted by Crippen LogP contribution is 2.38. The zero-order valence-corrected chi connectivity index (χ0v) is 23.6. The Morgan fingerprint density at radius 1 is 1.00 bits per heavy atom. The second-order valence-corrected chi connectivity index (χ2v) is 10.7. The van der Waals surface area contributed by atoms with Gasteiger partial charge in [-0.05, 0) is 65.6 Å². The number of aromatic nitrogens is 1. The van der Waals surface area contributed by atoms with Crippen LogP contribution in [-0.2, 0) is 20.8 Å². The quantitative estimate of drug-likeness (QED) is 0.289. The molecule has 0 radical (unpaired) electrons. The molecule has 2 unspecified atom stereocenters. The van der Waals surface area contributed by atoms with Crippen LogP contribution in [0.5, 0.6) is 0 Å². The first kappa shape index (κ1) is 28.9. The van der Waals surface area contributed by atoms with Gasteiger partial charge in [-0.3, -0.25) is 14.6 Å². The summed E-state index contributed by atoms with van der Waals surface area (Å²) in [4.78, 5) is 49.9. The Bertz CT molecular complexity index is 1830. The molecular formula is C32H23ClF2N4O5. The Labute approximate surface area is 254 Å². The highest BCUT2D eigenvalue weighted by atomic mass is 35.5. The van der Waals surface area contributed by atoms with Crippen LogP contribution in [0.2, 0.25) is 5.02 Å². The van der Waals surface area contributed by atoms with Gasteiger partial charge in [-0.2, -0.15) is 0 Å². The number of nitrogens with zero attached hydrogens (tertiary/aromatic N) is 3. The number of carboxylic acids is 1. The molecule has 3 heterocycles. The summed E-state index contributed by atoms with van der Waals surface area (Å²) in [6, 6.07) is 15.5. The molecule has 0 fully saturated rings. The maximum atomic E-state index is 14.7. The van der Waals surface area contributed by atoms with E-state index in [4.69, 9.17) is 16.4 Å². The molecule has 0 saturated heterocycles. The van der Waals surface area contributed by atoms with Gasteiger partial charge in [-0.15, -0.1) is 0 Å². The summed E-state index contributed by atoms with van der Waals surface area (Å²) in [5.41, 5.74) is 3.15. The molecule has 2 N–H and O–H groups in total. The molecule has 9 nitrogen and oxygen atoms in total. The SMILES string of the molecule is O=C(O)c1ccc(NC(=O)C2c3cccc(-c4cncc(F)c4)c3CCN2C(=O)C2CC(c3cccc(Cl)c3F)=NO2)cc1. The lowest BCUT2D eigenvalue weighted by molar-refractivity contribution is -0.148. The number of amides is 2. The Kier molecular flexibility index (Phi) is 7.79. The van der Waals surface area contributed by atoms with E-state index in [9.17, 15) is 28.3 Å². The number of carbonyl (C=O) groups excluding carboxylic acids is 2. The zero-order chi connectivity index (χ0) is 31.0. The molecule has 1 aromatic heterocycles. The second kappa shape index (κ2) is 11.8. The van der Waals surface area contributed by atoms with Crippen molar-refractivity contribution in [2.24, 2.45) is 5.16 Å². The van der Waals surface area contributed by atoms with Crippen molar-refractivity contribution in [1.82, 2.24) is 9.88 Å². The van der Waals surface area contributed by atoms with Crippen LogP contribution in [0.25, 0.3) is 11.1 Å². The average Bonchev–Trinajstić information content (AvgIpc) is 3.51. The minimum absolute atomic E-state index is 0.0422. The van der Waals surface area contributed by atoms with E-state index in [0.717, 1.165) is 11.8 Å². The highest BCUT2D eigenvalue weighted by molar-refractivity contribution is 6.31. The van der Waals surface area contributed by atoms with Gasteiger partial charge < -0.3 is 20.2 Å². The monoisotopic (exact) mass is 616 g/mol. The Morgan fingerprint density at radius 2 is 1.75 bits per heavy atom. The van der Waals surface area contributed by atoms with Crippen LogP contribution >= 0.6 is 11.6 Å². The van der Waals surface area contributed by atoms with E-state index >= 15 is 0 Å². The third kappa shape index (κ3) is 5.49. The van der Waals surface area contributed by atoms with Crippen LogP contribution in [0.3, 0.4) is 0 Å². The standard InChI is InChI=1S/C32H23ClF2N4O5/c33-25-6-2-5-24(28(25)35)26-14-27(44-38-26)31(41)39-12-11-22-21(18-13-19(34)16-36-15-18)3-1-4-23(22)29(39)30(40)37-20-9-7-17(8-10-20)32(42)43/h1-10,13,15-16,27,29H,11-12,14H2,(H,37,40)(H,42,43). The maximum Gasteiger partial charge on any atom is 0.335 e. The molecule has 12 heteroatoms. The number of anilines is 1. The van der Waals surface area contributed by atoms with Gasteiger partial charge in [0.25, 0.3) is 11.8 Å². The van der Waals surface area contributed by atoms with Crippen LogP contribution in [0.1, 0.15) is 39.5 Å². The lowest BCUT2D eigenvalue weighted by atomic mass is 9.86. The fourth-order valence-electron chi connectivity index (χ4n) is 5.51. The Hall–Kier alpha value is -5.16. The molecule has 6 rings (SSSR count). The van der Waals surface area contributed by atoms with E-state index in [1.807, 2.05) is 0 Å². The van der Waals surface area contributed by atoms with E-state index in [-0.39, 0.29) is 34.8 Å². The number of pyridine rings is 1. The molecule has 4 aromatic rings. The zero-order valence-electron chi connectivity index (χ0n) is 22.8. The van der Waals surface area contributed by atoms with E-state index in [0.29, 0.717) is 28.8 Å². The average molecular weight is 617 g/mol. The van der Waals surface area contributed by atoms with Gasteiger partial charge in [-0.1, -0.05) is 41.0 Å². The first-order valence-corrected chi connectivity index (χ1v) is 13.9. The molecular weight excluding hydrogens is 594 g/mol. The maximum absolute atomic E-state index is 14.7. The molecule has 44 heavy (non-hydrogen) atoms. The first-order valence-electron chi connectivity index (χ1n) is 13.6. The fraction of sp³-hybridized carbons (Fsp3) is 0.156. The number of hydrogen-bond acceptors (Lipinski definition) is 6. The largest absolute Gasteiger partial charge is 0.478 e. The number of halogens is 3. The van der Waals surface area contributed by atoms with E-state index < -0.39 is 41.6 Å². The van der Waals surface area contributed by atoms with Gasteiger partial charge >= 0.3 is 5.97 Å². The summed E-state index contributed by atoms with van der Waals surface area (Å²) in [5, 5.41) is 15.9. The van der Waals surface area contributed by atoms with Crippen molar-refractivity contribution in [3.05, 3.63) is 118 Å². The summed E-state index contributed by atoms with van der Waals surface area (Å²) in [7, 11) is 0. The van der Waals surface area contributed by atoms with Gasteiger partial charge in [0.2, 0.25) is 6.10 Å². The van der Waals surface area contributed by atoms with E-state index in [1.54, 1.807) is 24.3 Å². The highest BCUT2D eigenvalue weighted by Gasteiger charge is 2.42. The number of carbonyl (C=O) groups is 3. The number of rotatable bonds is 6. The van der Waals surface area contributed by atoms with Crippen LogP contribution in [-0.4, -0.2) is 51.1 Å². The van der Waals surface area contributed by atoms with E-state index in [2.05, 4.69) is 15.5 Å². The molecule has 2 aliphatic rings. The second-order valence-electron chi connectivity index (χ2n) is 10.3. The first-order chi connectivity index (χ1) is 21.2. The molecule has 0 spiro atoms. The number of benzene rings is 3. The van der Waals surface area contributed by atoms with Crippen molar-refractivity contribution < 1.29 is 33.1 Å². The number of aromatic carboxylic acids is 1. The van der Waals surface area contributed by atoms with Gasteiger partial charge in [0.15, 0.2) is 5.82 Å². The van der Waals surface area contributed by atoms with Crippen LogP contribution in [0, 0.1) is 11.6 Å². The van der Waals surface area contributed by atoms with Crippen molar-refractivity contribution in [2.45, 2.75) is 25.0 Å². The predicted octanol–water partition coefficient (Wildman–Crippen LogP) is 5.64. The molecule has 222 valence electrons. The number of fused-ring (bicyclic) bond motifs is 1. The van der Waals surface area contributed by atoms with Gasteiger partial charge in [0.1, 0.15) is 11.9 Å². The third-order valence-corrected chi connectivity index (χ3v) is 7.87. The van der Waals surface area contributed by atoms with Crippen molar-refractivity contribution >= 4 is 40.8 Å². The molecule has 2 atom stereocenters. The fourth-order valence-corrected chi connectivity index (χ4v) is 5.68. The topological polar surface area (TPSA) is 121 Å². The Morgan fingerprint density at radius 3 is 2.50 bits per heavy atom. The normalized spacial score (nSPS) is 17.3. The molecule has 2 aliphatic heterocycles. The van der Waals surface area contributed by atoms with E-state index in [1.165, 1.54) is 53.6 Å². The predicted molar refractivity (Wildman–Crippen MR) is 157 cm³/mol. The summed E-state index contributed by atoms with van der Waals surface area (Å²) >= 11 is 5.93. The van der Waals surface area contributed by atoms with Crippen molar-refractivity contribution in [2.75, 3.05) is 11.9 Å². The van der Waals surface area contributed by atoms with Crippen molar-refractivity contribution in [3.8, 4) is 11.1 Å². The summed E-state index contributed by atoms with van der Waals surface area (Å²) in [6.07, 6.45) is 1.80. The minimum atomic E-state index is -1.14. The van der Waals surface area contributed by atoms with Crippen molar-refractivity contribution in [3.63, 3.8) is 0 Å². The third-order valence-electron chi connectivity index (χ3n) is 7.57. The van der Waals surface area contributed by atoms with Gasteiger partial charge in [0.05, 0.1) is 22.5 Å². The van der Waals surface area contributed by atoms with Crippen LogP contribution in [0.15, 0.2) is 84.3 Å². The summed E-state index contributed by atoms with van der Waals surface area (Å²) in [5.74, 6) is -3.40. The number of nitrogens with one attached hydrogen (secondary N) is 1. The van der Waals surface area contributed by atoms with Crippen LogP contribution in [0.4, 0.5) is 14.5 Å². The smallest absolute Gasteiger partial charge is 0.335 e. The molecule has 0 bridgehead atoms. The lowest BCUT2D eigenvalue weighted by Gasteiger charge is -2.38. The van der Waals surface area contributed by atoms with Gasteiger partial charge in [-0.25, -0.2) is 13.6 Å². The minimum Gasteiger partial charge on any atom is -0.478 e. The number of oxime groups is 1. The molecule has 3 aromatic carbocycles. The van der Waals surface area contributed by atoms with Crippen molar-refractivity contribution in [1.29, 1.82) is 0 Å². The number of carboxylic acid groups (broad SMARTS) is 1. The molecule has 0 saturated carbocycles. The lowest BCUT2D eigenvalue weighted by Crippen LogP contribution is -2.49. The van der Waals surface area contributed by atoms with Crippen LogP contribution < -0.4 is 5.32 Å². The number of hydrogen-bond donors (Lipinski definition) is 2. The van der Waals surface area contributed by atoms with Gasteiger partial charge in [0, 0.05) is 36.0 Å². The summed E-state index contributed by atoms with van der Waals surface area (Å²) in [6.45, 7) is 0.113. The molecule has 2 amide bonds.